The van der Waals surface area contributed by atoms with Gasteiger partial charge in [-0.2, -0.15) is 5.10 Å². The molecule has 26 heavy (non-hydrogen) atoms. The first-order valence-electron chi connectivity index (χ1n) is 8.19. The van der Waals surface area contributed by atoms with Crippen LogP contribution < -0.4 is 16.5 Å². The highest BCUT2D eigenvalue weighted by atomic mass is 16.6. The molecule has 1 unspecified atom stereocenters. The van der Waals surface area contributed by atoms with E-state index in [1.807, 2.05) is 19.3 Å². The van der Waals surface area contributed by atoms with Crippen LogP contribution in [0.4, 0.5) is 4.79 Å². The minimum Gasteiger partial charge on any atom is -0.481 e. The Balaban J connectivity index is 4.90. The summed E-state index contributed by atoms with van der Waals surface area (Å²) >= 11 is 0. The van der Waals surface area contributed by atoms with Crippen molar-refractivity contribution in [1.29, 1.82) is 0 Å². The minimum atomic E-state index is -1.22. The SMILES string of the molecule is CC(C)CC(C(=O)O)C(=O)NCC/C(=N\NC(N)=O)C(=O)OC(C)(C)C. The molecule has 0 heterocycles. The van der Waals surface area contributed by atoms with Crippen LogP contribution in [-0.2, 0) is 19.1 Å². The lowest BCUT2D eigenvalue weighted by Crippen LogP contribution is -2.38. The molecule has 0 aromatic rings. The minimum absolute atomic E-state index is 0.0282. The average molecular weight is 372 g/mol. The molecule has 0 saturated carbocycles. The van der Waals surface area contributed by atoms with E-state index in [1.165, 1.54) is 0 Å². The largest absolute Gasteiger partial charge is 0.481 e. The molecule has 0 saturated heterocycles. The summed E-state index contributed by atoms with van der Waals surface area (Å²) in [5.41, 5.74) is 5.92. The van der Waals surface area contributed by atoms with Gasteiger partial charge in [-0.25, -0.2) is 15.0 Å². The number of rotatable bonds is 9. The van der Waals surface area contributed by atoms with Crippen molar-refractivity contribution in [2.24, 2.45) is 22.7 Å². The predicted molar refractivity (Wildman–Crippen MR) is 94.2 cm³/mol. The number of urea groups is 1. The number of hydrogen-bond acceptors (Lipinski definition) is 6. The Kier molecular flexibility index (Phi) is 9.31. The standard InChI is InChI=1S/C16H28N4O6/c1-9(2)8-10(13(22)23)12(21)18-7-6-11(19-20-15(17)25)14(24)26-16(3,4)5/h9-10H,6-8H2,1-5H3,(H,18,21)(H,22,23)(H3,17,20,25)/b19-11+. The second-order valence-corrected chi connectivity index (χ2v) is 7.10. The molecule has 0 spiro atoms. The Bertz CT molecular complexity index is 566. The number of nitrogens with zero attached hydrogens (tertiary/aromatic N) is 1. The number of amides is 3. The highest BCUT2D eigenvalue weighted by molar-refractivity contribution is 6.36. The van der Waals surface area contributed by atoms with Crippen molar-refractivity contribution >= 4 is 29.6 Å². The van der Waals surface area contributed by atoms with E-state index < -0.39 is 35.4 Å². The molecule has 0 aromatic carbocycles. The number of carbonyl (C=O) groups is 4. The van der Waals surface area contributed by atoms with Gasteiger partial charge in [-0.1, -0.05) is 13.8 Å². The quantitative estimate of drug-likeness (QED) is 0.201. The lowest BCUT2D eigenvalue weighted by atomic mass is 9.96. The fourth-order valence-electron chi connectivity index (χ4n) is 1.88. The highest BCUT2D eigenvalue weighted by Crippen LogP contribution is 2.12. The number of hydrogen-bond donors (Lipinski definition) is 4. The zero-order chi connectivity index (χ0) is 20.5. The summed E-state index contributed by atoms with van der Waals surface area (Å²) in [5.74, 6) is -3.80. The van der Waals surface area contributed by atoms with Gasteiger partial charge < -0.3 is 20.9 Å². The molecule has 0 aliphatic rings. The number of ether oxygens (including phenoxy) is 1. The highest BCUT2D eigenvalue weighted by Gasteiger charge is 2.27. The van der Waals surface area contributed by atoms with Gasteiger partial charge in [0.1, 0.15) is 17.2 Å². The third-order valence-corrected chi connectivity index (χ3v) is 2.92. The molecule has 0 rings (SSSR count). The van der Waals surface area contributed by atoms with Crippen molar-refractivity contribution in [3.05, 3.63) is 0 Å². The summed E-state index contributed by atoms with van der Waals surface area (Å²) in [6.07, 6.45) is 0.117. The van der Waals surface area contributed by atoms with Gasteiger partial charge in [-0.15, -0.1) is 0 Å². The van der Waals surface area contributed by atoms with E-state index in [0.717, 1.165) is 0 Å². The van der Waals surface area contributed by atoms with Gasteiger partial charge >= 0.3 is 18.0 Å². The first-order chi connectivity index (χ1) is 11.8. The van der Waals surface area contributed by atoms with Gasteiger partial charge in [0.25, 0.3) is 0 Å². The third-order valence-electron chi connectivity index (χ3n) is 2.92. The summed E-state index contributed by atoms with van der Waals surface area (Å²) in [6.45, 7) is 8.55. The third kappa shape index (κ3) is 10.3. The Labute approximate surface area is 152 Å². The second-order valence-electron chi connectivity index (χ2n) is 7.10. The number of aliphatic carboxylic acids is 1. The van der Waals surface area contributed by atoms with Crippen LogP contribution in [0.5, 0.6) is 0 Å². The van der Waals surface area contributed by atoms with Gasteiger partial charge in [0.15, 0.2) is 0 Å². The van der Waals surface area contributed by atoms with Crippen molar-refractivity contribution in [3.63, 3.8) is 0 Å². The van der Waals surface area contributed by atoms with E-state index in [0.29, 0.717) is 0 Å². The smallest absolute Gasteiger partial charge is 0.355 e. The van der Waals surface area contributed by atoms with Crippen LogP contribution in [-0.4, -0.2) is 46.8 Å². The summed E-state index contributed by atoms with van der Waals surface area (Å²) in [6, 6.07) is -0.960. The number of hydrazone groups is 1. The van der Waals surface area contributed by atoms with E-state index in [2.05, 4.69) is 10.4 Å². The van der Waals surface area contributed by atoms with Crippen LogP contribution >= 0.6 is 0 Å². The summed E-state index contributed by atoms with van der Waals surface area (Å²) in [7, 11) is 0. The molecular weight excluding hydrogens is 344 g/mol. The lowest BCUT2D eigenvalue weighted by Gasteiger charge is -2.20. The van der Waals surface area contributed by atoms with Crippen LogP contribution in [0.15, 0.2) is 5.10 Å². The van der Waals surface area contributed by atoms with E-state index >= 15 is 0 Å². The van der Waals surface area contributed by atoms with Crippen LogP contribution in [0.2, 0.25) is 0 Å². The molecule has 0 bridgehead atoms. The maximum atomic E-state index is 12.1. The first kappa shape index (κ1) is 23.4. The Hall–Kier alpha value is -2.65. The van der Waals surface area contributed by atoms with Gasteiger partial charge in [-0.05, 0) is 33.1 Å². The zero-order valence-corrected chi connectivity index (χ0v) is 15.8. The molecule has 0 aliphatic carbocycles. The summed E-state index contributed by atoms with van der Waals surface area (Å²) in [5, 5.41) is 15.2. The van der Waals surface area contributed by atoms with E-state index in [1.54, 1.807) is 20.8 Å². The van der Waals surface area contributed by atoms with Crippen molar-refractivity contribution in [1.82, 2.24) is 10.7 Å². The van der Waals surface area contributed by atoms with Gasteiger partial charge in [0.05, 0.1) is 0 Å². The maximum Gasteiger partial charge on any atom is 0.355 e. The number of nitrogens with one attached hydrogen (secondary N) is 2. The fraction of sp³-hybridized carbons (Fsp3) is 0.688. The van der Waals surface area contributed by atoms with Crippen LogP contribution in [0.3, 0.4) is 0 Å². The number of carboxylic acid groups (broad SMARTS) is 1. The number of esters is 1. The lowest BCUT2D eigenvalue weighted by molar-refractivity contribution is -0.148. The Morgan fingerprint density at radius 2 is 1.77 bits per heavy atom. The first-order valence-corrected chi connectivity index (χ1v) is 8.19. The van der Waals surface area contributed by atoms with Crippen LogP contribution in [0.1, 0.15) is 47.5 Å². The molecule has 0 aromatic heterocycles. The number of carboxylic acids is 1. The van der Waals surface area contributed by atoms with Crippen molar-refractivity contribution in [2.75, 3.05) is 6.54 Å². The number of carbonyl (C=O) groups excluding carboxylic acids is 3. The molecule has 1 atom stereocenters. The molecule has 3 amide bonds. The Morgan fingerprint density at radius 3 is 2.19 bits per heavy atom. The molecule has 0 aliphatic heterocycles. The van der Waals surface area contributed by atoms with Crippen LogP contribution in [0.25, 0.3) is 0 Å². The van der Waals surface area contributed by atoms with Gasteiger partial charge in [0, 0.05) is 13.0 Å². The summed E-state index contributed by atoms with van der Waals surface area (Å²) in [4.78, 5) is 46.1. The average Bonchev–Trinajstić information content (AvgIpc) is 2.45. The van der Waals surface area contributed by atoms with Crippen molar-refractivity contribution in [2.45, 2.75) is 53.1 Å². The van der Waals surface area contributed by atoms with E-state index in [9.17, 15) is 19.2 Å². The van der Waals surface area contributed by atoms with E-state index in [-0.39, 0.29) is 31.0 Å². The molecule has 5 N–H and O–H groups in total. The molecular formula is C16H28N4O6. The number of nitrogens with two attached hydrogens (primary N) is 1. The van der Waals surface area contributed by atoms with E-state index in [4.69, 9.17) is 15.6 Å². The van der Waals surface area contributed by atoms with Gasteiger partial charge in [-0.3, -0.25) is 9.59 Å². The van der Waals surface area contributed by atoms with Gasteiger partial charge in [0.2, 0.25) is 5.91 Å². The normalized spacial score (nSPS) is 13.1. The Morgan fingerprint density at radius 1 is 1.19 bits per heavy atom. The fourth-order valence-corrected chi connectivity index (χ4v) is 1.88. The van der Waals surface area contributed by atoms with Crippen molar-refractivity contribution in [3.8, 4) is 0 Å². The zero-order valence-electron chi connectivity index (χ0n) is 15.8. The van der Waals surface area contributed by atoms with Crippen LogP contribution in [0, 0.1) is 11.8 Å². The predicted octanol–water partition coefficient (Wildman–Crippen LogP) is 0.606. The molecule has 0 radical (unpaired) electrons. The molecule has 148 valence electrons. The monoisotopic (exact) mass is 372 g/mol. The number of primary amides is 1. The molecule has 10 nitrogen and oxygen atoms in total. The topological polar surface area (TPSA) is 160 Å². The molecule has 0 fully saturated rings. The maximum absolute atomic E-state index is 12.1. The van der Waals surface area contributed by atoms with Crippen molar-refractivity contribution < 1.29 is 29.0 Å². The second kappa shape index (κ2) is 10.4. The molecule has 10 heteroatoms. The summed E-state index contributed by atoms with van der Waals surface area (Å²) < 4.78 is 5.16.